The van der Waals surface area contributed by atoms with Crippen molar-refractivity contribution in [2.75, 3.05) is 40.5 Å². The minimum absolute atomic E-state index is 0.0749. The zero-order chi connectivity index (χ0) is 17.0. The van der Waals surface area contributed by atoms with Gasteiger partial charge in [0, 0.05) is 39.9 Å². The summed E-state index contributed by atoms with van der Waals surface area (Å²) in [5, 5.41) is 12.4. The number of rotatable bonds is 7. The van der Waals surface area contributed by atoms with Crippen LogP contribution in [-0.4, -0.2) is 68.7 Å². The van der Waals surface area contributed by atoms with E-state index in [4.69, 9.17) is 9.47 Å². The monoisotopic (exact) mass is 318 g/mol. The molecule has 0 aromatic heterocycles. The Morgan fingerprint density at radius 3 is 2.50 bits per heavy atom. The van der Waals surface area contributed by atoms with Gasteiger partial charge in [-0.3, -0.25) is 0 Å². The van der Waals surface area contributed by atoms with Crippen molar-refractivity contribution < 1.29 is 19.4 Å². The van der Waals surface area contributed by atoms with E-state index in [0.717, 1.165) is 18.8 Å². The van der Waals surface area contributed by atoms with Gasteiger partial charge < -0.3 is 24.8 Å². The summed E-state index contributed by atoms with van der Waals surface area (Å²) in [5.41, 5.74) is 0. The molecule has 0 spiro atoms. The van der Waals surface area contributed by atoms with Crippen LogP contribution in [-0.2, 0) is 9.47 Å². The van der Waals surface area contributed by atoms with E-state index in [1.807, 2.05) is 0 Å². The topological polar surface area (TPSA) is 71.0 Å². The molecule has 0 saturated carbocycles. The summed E-state index contributed by atoms with van der Waals surface area (Å²) in [4.78, 5) is 13.2. The standard InChI is InChI=1S/C12H24N2O4.C4H10/c1-14(5-3-4-6-17-2)12(16)18-9-10-7-11(15)8-13-10;1-4(2)3/h10-11,13,15H,3-9H2,1-2H3;4H,1-3H3. The Bertz CT molecular complexity index is 285. The van der Waals surface area contributed by atoms with Crippen LogP contribution in [0.4, 0.5) is 4.79 Å². The molecule has 6 nitrogen and oxygen atoms in total. The number of nitrogens with zero attached hydrogens (tertiary/aromatic N) is 1. The highest BCUT2D eigenvalue weighted by Gasteiger charge is 2.23. The number of methoxy groups -OCH3 is 1. The average molecular weight is 318 g/mol. The molecule has 1 heterocycles. The first kappa shape index (κ1) is 21.1. The molecule has 2 N–H and O–H groups in total. The molecule has 2 unspecified atom stereocenters. The third-order valence-electron chi connectivity index (χ3n) is 3.01. The van der Waals surface area contributed by atoms with E-state index in [0.29, 0.717) is 32.7 Å². The van der Waals surface area contributed by atoms with E-state index in [-0.39, 0.29) is 18.2 Å². The molecule has 0 bridgehead atoms. The van der Waals surface area contributed by atoms with Crippen LogP contribution < -0.4 is 5.32 Å². The molecule has 132 valence electrons. The lowest BCUT2D eigenvalue weighted by Crippen LogP contribution is -2.33. The highest BCUT2D eigenvalue weighted by atomic mass is 16.6. The molecule has 0 aliphatic carbocycles. The molecule has 22 heavy (non-hydrogen) atoms. The number of aliphatic hydroxyl groups is 1. The van der Waals surface area contributed by atoms with Crippen molar-refractivity contribution in [1.82, 2.24) is 10.2 Å². The van der Waals surface area contributed by atoms with Crippen LogP contribution in [0.1, 0.15) is 40.0 Å². The van der Waals surface area contributed by atoms with Crippen LogP contribution in [0, 0.1) is 5.92 Å². The van der Waals surface area contributed by atoms with Gasteiger partial charge in [0.15, 0.2) is 0 Å². The molecule has 0 aromatic carbocycles. The fourth-order valence-electron chi connectivity index (χ4n) is 1.89. The average Bonchev–Trinajstić information content (AvgIpc) is 2.86. The van der Waals surface area contributed by atoms with Gasteiger partial charge in [-0.1, -0.05) is 20.8 Å². The van der Waals surface area contributed by atoms with Gasteiger partial charge in [-0.25, -0.2) is 4.79 Å². The number of nitrogens with one attached hydrogen (secondary N) is 1. The Balaban J connectivity index is 0.000000980. The largest absolute Gasteiger partial charge is 0.448 e. The SMILES string of the molecule is CC(C)C.COCCCCN(C)C(=O)OCC1CC(O)CN1. The van der Waals surface area contributed by atoms with Crippen LogP contribution in [0.5, 0.6) is 0 Å². The number of carbonyl (C=O) groups is 1. The Morgan fingerprint density at radius 2 is 2.00 bits per heavy atom. The molecular formula is C16H34N2O4. The molecule has 0 aromatic rings. The molecular weight excluding hydrogens is 284 g/mol. The number of ether oxygens (including phenoxy) is 2. The van der Waals surface area contributed by atoms with E-state index in [1.54, 1.807) is 19.1 Å². The maximum atomic E-state index is 11.6. The Morgan fingerprint density at radius 1 is 1.36 bits per heavy atom. The molecule has 1 amide bonds. The first-order valence-corrected chi connectivity index (χ1v) is 8.15. The van der Waals surface area contributed by atoms with E-state index in [9.17, 15) is 9.90 Å². The molecule has 2 atom stereocenters. The highest BCUT2D eigenvalue weighted by molar-refractivity contribution is 5.67. The molecule has 1 fully saturated rings. The van der Waals surface area contributed by atoms with E-state index < -0.39 is 0 Å². The number of unbranched alkanes of at least 4 members (excludes halogenated alkanes) is 1. The first-order valence-electron chi connectivity index (χ1n) is 8.15. The number of aliphatic hydroxyl groups excluding tert-OH is 1. The minimum Gasteiger partial charge on any atom is -0.448 e. The molecule has 6 heteroatoms. The second kappa shape index (κ2) is 12.7. The molecule has 1 aliphatic heterocycles. The van der Waals surface area contributed by atoms with Crippen molar-refractivity contribution in [3.8, 4) is 0 Å². The van der Waals surface area contributed by atoms with Gasteiger partial charge >= 0.3 is 6.09 Å². The van der Waals surface area contributed by atoms with Crippen molar-refractivity contribution in [2.45, 2.75) is 52.2 Å². The maximum absolute atomic E-state index is 11.6. The van der Waals surface area contributed by atoms with Crippen molar-refractivity contribution in [3.63, 3.8) is 0 Å². The second-order valence-corrected chi connectivity index (χ2v) is 6.43. The lowest BCUT2D eigenvalue weighted by molar-refractivity contribution is 0.0990. The van der Waals surface area contributed by atoms with Gasteiger partial charge in [0.25, 0.3) is 0 Å². The van der Waals surface area contributed by atoms with Crippen molar-refractivity contribution >= 4 is 6.09 Å². The summed E-state index contributed by atoms with van der Waals surface area (Å²) in [6, 6.07) is 0.0749. The van der Waals surface area contributed by atoms with Crippen LogP contribution >= 0.6 is 0 Å². The van der Waals surface area contributed by atoms with Crippen molar-refractivity contribution in [1.29, 1.82) is 0 Å². The zero-order valence-electron chi connectivity index (χ0n) is 14.8. The number of hydrogen-bond acceptors (Lipinski definition) is 5. The maximum Gasteiger partial charge on any atom is 0.409 e. The molecule has 1 rings (SSSR count). The van der Waals surface area contributed by atoms with Crippen LogP contribution in [0.3, 0.4) is 0 Å². The third kappa shape index (κ3) is 11.8. The lowest BCUT2D eigenvalue weighted by atomic mass is 10.2. The van der Waals surface area contributed by atoms with Gasteiger partial charge in [0.2, 0.25) is 0 Å². The predicted octanol–water partition coefficient (Wildman–Crippen LogP) is 1.87. The van der Waals surface area contributed by atoms with E-state index in [1.165, 1.54) is 0 Å². The van der Waals surface area contributed by atoms with E-state index >= 15 is 0 Å². The van der Waals surface area contributed by atoms with Crippen LogP contribution in [0.15, 0.2) is 0 Å². The van der Waals surface area contributed by atoms with Crippen LogP contribution in [0.2, 0.25) is 0 Å². The van der Waals surface area contributed by atoms with Gasteiger partial charge in [-0.2, -0.15) is 0 Å². The first-order chi connectivity index (χ1) is 10.4. The summed E-state index contributed by atoms with van der Waals surface area (Å²) in [7, 11) is 3.40. The quantitative estimate of drug-likeness (QED) is 0.701. The summed E-state index contributed by atoms with van der Waals surface area (Å²) in [6.45, 7) is 8.78. The van der Waals surface area contributed by atoms with Gasteiger partial charge in [-0.15, -0.1) is 0 Å². The summed E-state index contributed by atoms with van der Waals surface area (Å²) >= 11 is 0. The summed E-state index contributed by atoms with van der Waals surface area (Å²) < 4.78 is 10.1. The third-order valence-corrected chi connectivity index (χ3v) is 3.01. The Hall–Kier alpha value is -0.850. The van der Waals surface area contributed by atoms with Gasteiger partial charge in [0.05, 0.1) is 6.10 Å². The van der Waals surface area contributed by atoms with Crippen molar-refractivity contribution in [2.24, 2.45) is 5.92 Å². The Labute approximate surface area is 135 Å². The smallest absolute Gasteiger partial charge is 0.409 e. The number of amides is 1. The molecule has 0 radical (unpaired) electrons. The Kier molecular flexibility index (Phi) is 12.2. The normalized spacial score (nSPS) is 20.5. The predicted molar refractivity (Wildman–Crippen MR) is 88.0 cm³/mol. The zero-order valence-corrected chi connectivity index (χ0v) is 14.8. The van der Waals surface area contributed by atoms with Gasteiger partial charge in [-0.05, 0) is 25.2 Å². The fraction of sp³-hybridized carbons (Fsp3) is 0.938. The number of hydrogen-bond donors (Lipinski definition) is 2. The lowest BCUT2D eigenvalue weighted by Gasteiger charge is -2.18. The van der Waals surface area contributed by atoms with Crippen molar-refractivity contribution in [3.05, 3.63) is 0 Å². The second-order valence-electron chi connectivity index (χ2n) is 6.43. The fourth-order valence-corrected chi connectivity index (χ4v) is 1.89. The molecule has 1 aliphatic rings. The number of β-amino-alcohol motifs (C(OH)–C–C–N with tert-alkyl or cyclic N) is 1. The molecule has 1 saturated heterocycles. The number of carbonyl (C=O) groups excluding carboxylic acids is 1. The van der Waals surface area contributed by atoms with E-state index in [2.05, 4.69) is 26.1 Å². The van der Waals surface area contributed by atoms with Crippen LogP contribution in [0.25, 0.3) is 0 Å². The highest BCUT2D eigenvalue weighted by Crippen LogP contribution is 2.07. The summed E-state index contributed by atoms with van der Waals surface area (Å²) in [5.74, 6) is 0.833. The van der Waals surface area contributed by atoms with Gasteiger partial charge in [0.1, 0.15) is 6.61 Å². The summed E-state index contributed by atoms with van der Waals surface area (Å²) in [6.07, 6.45) is 1.85. The minimum atomic E-state index is -0.319.